The largest absolute Gasteiger partial charge is 0.486 e. The van der Waals surface area contributed by atoms with Crippen LogP contribution in [-0.2, 0) is 10.0 Å². The number of hydrogen-bond donors (Lipinski definition) is 2. The highest BCUT2D eigenvalue weighted by atomic mass is 32.2. The molecular weight excluding hydrogens is 339 g/mol. The van der Waals surface area contributed by atoms with Gasteiger partial charge in [-0.15, -0.1) is 4.83 Å². The van der Waals surface area contributed by atoms with E-state index in [0.717, 1.165) is 12.1 Å². The number of benzene rings is 2. The zero-order chi connectivity index (χ0) is 17.2. The zero-order valence-corrected chi connectivity index (χ0v) is 13.1. The number of fused-ring (bicyclic) bond motifs is 1. The van der Waals surface area contributed by atoms with Crippen LogP contribution in [0.5, 0.6) is 11.5 Å². The molecule has 3 rings (SSSR count). The maximum Gasteiger partial charge on any atom is 0.266 e. The topological polar surface area (TPSA) is 93.7 Å². The predicted molar refractivity (Wildman–Crippen MR) is 81.6 cm³/mol. The first-order chi connectivity index (χ1) is 11.5. The molecule has 7 nitrogen and oxygen atoms in total. The van der Waals surface area contributed by atoms with Gasteiger partial charge in [-0.1, -0.05) is 6.07 Å². The van der Waals surface area contributed by atoms with Gasteiger partial charge in [0.05, 0.1) is 4.90 Å². The summed E-state index contributed by atoms with van der Waals surface area (Å²) in [6, 6.07) is 8.91. The lowest BCUT2D eigenvalue weighted by atomic mass is 10.2. The Balaban J connectivity index is 1.71. The Morgan fingerprint density at radius 3 is 2.54 bits per heavy atom. The van der Waals surface area contributed by atoms with Crippen LogP contribution in [0.4, 0.5) is 4.39 Å². The Morgan fingerprint density at radius 1 is 1.04 bits per heavy atom. The number of hydrazine groups is 1. The number of nitrogens with one attached hydrogen (secondary N) is 2. The SMILES string of the molecule is O=C(NNS(=O)(=O)c1cccc(F)c1)c1ccc2c(c1)OCCO2. The third kappa shape index (κ3) is 3.47. The second kappa shape index (κ2) is 6.46. The van der Waals surface area contributed by atoms with Crippen molar-refractivity contribution in [1.29, 1.82) is 0 Å². The number of hydrogen-bond acceptors (Lipinski definition) is 5. The van der Waals surface area contributed by atoms with Crippen molar-refractivity contribution in [2.24, 2.45) is 0 Å². The first-order valence-electron chi connectivity index (χ1n) is 6.93. The molecule has 0 spiro atoms. The molecule has 126 valence electrons. The first-order valence-corrected chi connectivity index (χ1v) is 8.41. The van der Waals surface area contributed by atoms with Crippen molar-refractivity contribution >= 4 is 15.9 Å². The second-order valence-electron chi connectivity index (χ2n) is 4.88. The van der Waals surface area contributed by atoms with Crippen molar-refractivity contribution in [1.82, 2.24) is 10.3 Å². The molecule has 0 aliphatic carbocycles. The van der Waals surface area contributed by atoms with Crippen molar-refractivity contribution in [3.8, 4) is 11.5 Å². The number of sulfonamides is 1. The molecule has 0 saturated heterocycles. The summed E-state index contributed by atoms with van der Waals surface area (Å²) in [6.07, 6.45) is 0. The van der Waals surface area contributed by atoms with Crippen LogP contribution in [0.2, 0.25) is 0 Å². The summed E-state index contributed by atoms with van der Waals surface area (Å²) in [5, 5.41) is 0. The van der Waals surface area contributed by atoms with Crippen molar-refractivity contribution in [3.05, 3.63) is 53.8 Å². The average Bonchev–Trinajstić information content (AvgIpc) is 2.59. The van der Waals surface area contributed by atoms with Crippen LogP contribution < -0.4 is 19.7 Å². The molecule has 1 heterocycles. The molecule has 24 heavy (non-hydrogen) atoms. The number of carbonyl (C=O) groups excluding carboxylic acids is 1. The Labute approximate surface area is 137 Å². The molecule has 2 N–H and O–H groups in total. The van der Waals surface area contributed by atoms with Crippen LogP contribution in [0.15, 0.2) is 47.4 Å². The molecule has 0 atom stereocenters. The average molecular weight is 352 g/mol. The smallest absolute Gasteiger partial charge is 0.266 e. The molecule has 1 aliphatic heterocycles. The molecule has 0 fully saturated rings. The molecule has 0 aromatic heterocycles. The fraction of sp³-hybridized carbons (Fsp3) is 0.133. The molecule has 2 aromatic carbocycles. The van der Waals surface area contributed by atoms with Gasteiger partial charge in [0.15, 0.2) is 11.5 Å². The molecule has 9 heteroatoms. The highest BCUT2D eigenvalue weighted by molar-refractivity contribution is 7.89. The number of halogens is 1. The predicted octanol–water partition coefficient (Wildman–Crippen LogP) is 1.22. The summed E-state index contributed by atoms with van der Waals surface area (Å²) in [7, 11) is -4.08. The highest BCUT2D eigenvalue weighted by Crippen LogP contribution is 2.30. The summed E-state index contributed by atoms with van der Waals surface area (Å²) in [6.45, 7) is 0.788. The van der Waals surface area contributed by atoms with E-state index in [1.54, 1.807) is 6.07 Å². The molecular formula is C15H13FN2O5S. The van der Waals surface area contributed by atoms with Crippen LogP contribution >= 0.6 is 0 Å². The normalized spacial score (nSPS) is 13.4. The van der Waals surface area contributed by atoms with Gasteiger partial charge in [-0.3, -0.25) is 10.2 Å². The quantitative estimate of drug-likeness (QED) is 0.807. The van der Waals surface area contributed by atoms with E-state index >= 15 is 0 Å². The summed E-state index contributed by atoms with van der Waals surface area (Å²) in [5.41, 5.74) is 2.25. The van der Waals surface area contributed by atoms with E-state index in [1.165, 1.54) is 24.3 Å². The molecule has 0 unspecified atom stereocenters. The monoisotopic (exact) mass is 352 g/mol. The van der Waals surface area contributed by atoms with Gasteiger partial charge in [0.25, 0.3) is 15.9 Å². The Morgan fingerprint density at radius 2 is 1.79 bits per heavy atom. The molecule has 0 saturated carbocycles. The lowest BCUT2D eigenvalue weighted by Crippen LogP contribution is -2.41. The van der Waals surface area contributed by atoms with Gasteiger partial charge in [-0.05, 0) is 36.4 Å². The number of ether oxygens (including phenoxy) is 2. The molecule has 2 aromatic rings. The summed E-state index contributed by atoms with van der Waals surface area (Å²) < 4.78 is 47.8. The van der Waals surface area contributed by atoms with Crippen LogP contribution in [0.3, 0.4) is 0 Å². The Kier molecular flexibility index (Phi) is 4.36. The van der Waals surface area contributed by atoms with Gasteiger partial charge < -0.3 is 9.47 Å². The van der Waals surface area contributed by atoms with Crippen molar-refractivity contribution in [2.75, 3.05) is 13.2 Å². The number of carbonyl (C=O) groups is 1. The van der Waals surface area contributed by atoms with Gasteiger partial charge in [0, 0.05) is 5.56 Å². The highest BCUT2D eigenvalue weighted by Gasteiger charge is 2.18. The summed E-state index contributed by atoms with van der Waals surface area (Å²) in [5.74, 6) is -0.469. The van der Waals surface area contributed by atoms with Crippen LogP contribution in [0, 0.1) is 5.82 Å². The summed E-state index contributed by atoms with van der Waals surface area (Å²) in [4.78, 5) is 13.7. The molecule has 0 radical (unpaired) electrons. The van der Waals surface area contributed by atoms with Gasteiger partial charge in [0.2, 0.25) is 0 Å². The minimum absolute atomic E-state index is 0.182. The maximum absolute atomic E-state index is 13.1. The van der Waals surface area contributed by atoms with E-state index in [2.05, 4.69) is 5.43 Å². The summed E-state index contributed by atoms with van der Waals surface area (Å²) >= 11 is 0. The van der Waals surface area contributed by atoms with Crippen molar-refractivity contribution in [3.63, 3.8) is 0 Å². The number of amides is 1. The van der Waals surface area contributed by atoms with Gasteiger partial charge >= 0.3 is 0 Å². The second-order valence-corrected chi connectivity index (χ2v) is 6.56. The lowest BCUT2D eigenvalue weighted by molar-refractivity contribution is 0.0944. The Bertz CT molecular complexity index is 885. The van der Waals surface area contributed by atoms with Gasteiger partial charge in [-0.2, -0.15) is 0 Å². The first kappa shape index (κ1) is 16.2. The maximum atomic E-state index is 13.1. The minimum Gasteiger partial charge on any atom is -0.486 e. The van der Waals surface area contributed by atoms with Crippen LogP contribution in [0.1, 0.15) is 10.4 Å². The van der Waals surface area contributed by atoms with Crippen molar-refractivity contribution < 1.29 is 27.1 Å². The van der Waals surface area contributed by atoms with E-state index < -0.39 is 21.7 Å². The van der Waals surface area contributed by atoms with Crippen LogP contribution in [0.25, 0.3) is 0 Å². The van der Waals surface area contributed by atoms with E-state index in [1.807, 2.05) is 4.83 Å². The zero-order valence-electron chi connectivity index (χ0n) is 12.3. The van der Waals surface area contributed by atoms with Gasteiger partial charge in [0.1, 0.15) is 19.0 Å². The minimum atomic E-state index is -4.08. The van der Waals surface area contributed by atoms with E-state index in [-0.39, 0.29) is 10.5 Å². The standard InChI is InChI=1S/C15H13FN2O5S/c16-11-2-1-3-12(9-11)24(20,21)18-17-15(19)10-4-5-13-14(8-10)23-7-6-22-13/h1-5,8-9,18H,6-7H2,(H,17,19). The van der Waals surface area contributed by atoms with Crippen molar-refractivity contribution in [2.45, 2.75) is 4.90 Å². The van der Waals surface area contributed by atoms with Crippen LogP contribution in [-0.4, -0.2) is 27.5 Å². The van der Waals surface area contributed by atoms with Gasteiger partial charge in [-0.25, -0.2) is 12.8 Å². The third-order valence-electron chi connectivity index (χ3n) is 3.21. The fourth-order valence-electron chi connectivity index (χ4n) is 2.06. The Hall–Kier alpha value is -2.65. The number of rotatable bonds is 4. The van der Waals surface area contributed by atoms with E-state index in [4.69, 9.17) is 9.47 Å². The molecule has 1 amide bonds. The molecule has 0 bridgehead atoms. The third-order valence-corrected chi connectivity index (χ3v) is 4.46. The van der Waals surface area contributed by atoms with E-state index in [0.29, 0.717) is 24.7 Å². The molecule has 1 aliphatic rings. The fourth-order valence-corrected chi connectivity index (χ4v) is 2.93. The van der Waals surface area contributed by atoms with E-state index in [9.17, 15) is 17.6 Å². The lowest BCUT2D eigenvalue weighted by Gasteiger charge is -2.18.